The minimum Gasteiger partial charge on any atom is -0.493 e. The van der Waals surface area contributed by atoms with Gasteiger partial charge in [0.2, 0.25) is 5.76 Å². The number of anilines is 1. The van der Waals surface area contributed by atoms with Gasteiger partial charge in [0.1, 0.15) is 5.58 Å². The maximum absolute atomic E-state index is 13.9. The molecule has 1 unspecified atom stereocenters. The topological polar surface area (TPSA) is 95.3 Å². The van der Waals surface area contributed by atoms with Gasteiger partial charge in [0.25, 0.3) is 5.91 Å². The number of carbonyl (C=O) groups excluding carboxylic acids is 2. The molecule has 4 aromatic rings. The highest BCUT2D eigenvalue weighted by Gasteiger charge is 2.44. The number of ether oxygens (including phenoxy) is 3. The monoisotopic (exact) mass is 605 g/mol. The van der Waals surface area contributed by atoms with Gasteiger partial charge in [-0.15, -0.1) is 0 Å². The number of hydrogen-bond acceptors (Lipinski definition) is 7. The van der Waals surface area contributed by atoms with E-state index >= 15 is 0 Å². The van der Waals surface area contributed by atoms with Gasteiger partial charge in [-0.2, -0.15) is 0 Å². The lowest BCUT2D eigenvalue weighted by molar-refractivity contribution is 0.0526. The zero-order chi connectivity index (χ0) is 28.6. The second-order valence-electron chi connectivity index (χ2n) is 9.77. The zero-order valence-electron chi connectivity index (χ0n) is 22.5. The number of halogens is 1. The number of hydrogen-bond donors (Lipinski definition) is 0. The molecule has 2 heterocycles. The van der Waals surface area contributed by atoms with Gasteiger partial charge in [-0.1, -0.05) is 35.8 Å². The third-order valence-electron chi connectivity index (χ3n) is 6.56. The molecular formula is C31H28BrNO7. The number of nitrogens with zero attached hydrogens (tertiary/aromatic N) is 1. The molecular weight excluding hydrogens is 578 g/mol. The molecule has 1 aliphatic heterocycles. The summed E-state index contributed by atoms with van der Waals surface area (Å²) in [6.07, 6.45) is 0. The Hall–Kier alpha value is -4.11. The van der Waals surface area contributed by atoms with Crippen LogP contribution >= 0.6 is 15.9 Å². The minimum atomic E-state index is -0.816. The van der Waals surface area contributed by atoms with Gasteiger partial charge >= 0.3 is 5.97 Å². The molecule has 9 heteroatoms. The molecule has 0 N–H and O–H groups in total. The van der Waals surface area contributed by atoms with E-state index in [2.05, 4.69) is 29.8 Å². The highest BCUT2D eigenvalue weighted by molar-refractivity contribution is 9.10. The Morgan fingerprint density at radius 3 is 2.45 bits per heavy atom. The molecule has 0 radical (unpaired) electrons. The van der Waals surface area contributed by atoms with Gasteiger partial charge in [-0.05, 0) is 73.0 Å². The van der Waals surface area contributed by atoms with Crippen molar-refractivity contribution in [1.29, 1.82) is 0 Å². The van der Waals surface area contributed by atoms with Crippen molar-refractivity contribution in [3.63, 3.8) is 0 Å². The molecule has 1 amide bonds. The standard InChI is InChI=1S/C31H28BrNO7/c1-5-38-31(36)18-6-10-21(11-7-18)33-27(19-8-12-24(25(14-19)37-4)39-16-17(2)3)26-28(34)22-15-20(32)9-13-23(22)40-29(26)30(33)35/h6-15,17,27H,5,16H2,1-4H3. The average molecular weight is 606 g/mol. The highest BCUT2D eigenvalue weighted by Crippen LogP contribution is 2.43. The van der Waals surface area contributed by atoms with Crippen molar-refractivity contribution in [2.45, 2.75) is 26.8 Å². The van der Waals surface area contributed by atoms with Crippen molar-refractivity contribution in [3.8, 4) is 11.5 Å². The van der Waals surface area contributed by atoms with Crippen molar-refractivity contribution in [2.75, 3.05) is 25.2 Å². The molecule has 1 aromatic heterocycles. The fourth-order valence-electron chi connectivity index (χ4n) is 4.73. The molecule has 0 saturated carbocycles. The van der Waals surface area contributed by atoms with Crippen LogP contribution < -0.4 is 19.8 Å². The van der Waals surface area contributed by atoms with Crippen LogP contribution in [0.2, 0.25) is 0 Å². The lowest BCUT2D eigenvalue weighted by Gasteiger charge is -2.26. The second kappa shape index (κ2) is 11.2. The summed E-state index contributed by atoms with van der Waals surface area (Å²) in [5.74, 6) is 0.392. The van der Waals surface area contributed by atoms with Crippen molar-refractivity contribution >= 4 is 44.5 Å². The molecule has 0 fully saturated rings. The summed E-state index contributed by atoms with van der Waals surface area (Å²) < 4.78 is 23.4. The third-order valence-corrected chi connectivity index (χ3v) is 7.06. The normalized spacial score (nSPS) is 14.5. The number of amides is 1. The summed E-state index contributed by atoms with van der Waals surface area (Å²) in [7, 11) is 1.54. The fraction of sp³-hybridized carbons (Fsp3) is 0.258. The predicted octanol–water partition coefficient (Wildman–Crippen LogP) is 6.53. The summed E-state index contributed by atoms with van der Waals surface area (Å²) in [6, 6.07) is 16.1. The molecule has 1 aliphatic rings. The quantitative estimate of drug-likeness (QED) is 0.211. The molecule has 0 bridgehead atoms. The van der Waals surface area contributed by atoms with E-state index in [1.165, 1.54) is 4.90 Å². The van der Waals surface area contributed by atoms with E-state index in [0.717, 1.165) is 0 Å². The maximum atomic E-state index is 13.9. The average Bonchev–Trinajstić information content (AvgIpc) is 3.24. The molecule has 0 spiro atoms. The summed E-state index contributed by atoms with van der Waals surface area (Å²) in [5.41, 5.74) is 1.71. The van der Waals surface area contributed by atoms with Crippen LogP contribution in [0.3, 0.4) is 0 Å². The molecule has 5 rings (SSSR count). The highest BCUT2D eigenvalue weighted by atomic mass is 79.9. The van der Waals surface area contributed by atoms with Crippen molar-refractivity contribution in [3.05, 3.63) is 97.8 Å². The SMILES string of the molecule is CCOC(=O)c1ccc(N2C(=O)c3oc4ccc(Br)cc4c(=O)c3C2c2ccc(OCC(C)C)c(OC)c2)cc1. The molecule has 206 valence electrons. The Kier molecular flexibility index (Phi) is 7.67. The lowest BCUT2D eigenvalue weighted by Crippen LogP contribution is -2.29. The number of rotatable bonds is 8. The van der Waals surface area contributed by atoms with E-state index in [-0.39, 0.29) is 23.4 Å². The first-order valence-corrected chi connectivity index (χ1v) is 13.7. The second-order valence-corrected chi connectivity index (χ2v) is 10.7. The Morgan fingerprint density at radius 2 is 1.77 bits per heavy atom. The molecule has 0 aliphatic carbocycles. The number of esters is 1. The molecule has 1 atom stereocenters. The largest absolute Gasteiger partial charge is 0.493 e. The van der Waals surface area contributed by atoms with Gasteiger partial charge in [0, 0.05) is 10.2 Å². The van der Waals surface area contributed by atoms with Crippen LogP contribution in [0.15, 0.2) is 74.3 Å². The van der Waals surface area contributed by atoms with Crippen LogP contribution in [0, 0.1) is 5.92 Å². The van der Waals surface area contributed by atoms with Gasteiger partial charge < -0.3 is 18.6 Å². The fourth-order valence-corrected chi connectivity index (χ4v) is 5.09. The maximum Gasteiger partial charge on any atom is 0.338 e. The van der Waals surface area contributed by atoms with Gasteiger partial charge in [-0.3, -0.25) is 14.5 Å². The number of benzene rings is 3. The molecule has 40 heavy (non-hydrogen) atoms. The van der Waals surface area contributed by atoms with E-state index in [9.17, 15) is 14.4 Å². The van der Waals surface area contributed by atoms with Crippen LogP contribution in [0.5, 0.6) is 11.5 Å². The van der Waals surface area contributed by atoms with Crippen molar-refractivity contribution in [1.82, 2.24) is 0 Å². The van der Waals surface area contributed by atoms with Gasteiger partial charge in [-0.25, -0.2) is 4.79 Å². The van der Waals surface area contributed by atoms with E-state index < -0.39 is 17.9 Å². The molecule has 3 aromatic carbocycles. The molecule has 0 saturated heterocycles. The van der Waals surface area contributed by atoms with E-state index in [1.54, 1.807) is 68.6 Å². The zero-order valence-corrected chi connectivity index (χ0v) is 24.1. The van der Waals surface area contributed by atoms with Gasteiger partial charge in [0.15, 0.2) is 16.9 Å². The first-order valence-electron chi connectivity index (χ1n) is 12.9. The molecule has 8 nitrogen and oxygen atoms in total. The van der Waals surface area contributed by atoms with Gasteiger partial charge in [0.05, 0.1) is 42.9 Å². The lowest BCUT2D eigenvalue weighted by atomic mass is 9.97. The Bertz CT molecular complexity index is 1660. The smallest absolute Gasteiger partial charge is 0.338 e. The summed E-state index contributed by atoms with van der Waals surface area (Å²) >= 11 is 3.42. The van der Waals surface area contributed by atoms with Crippen LogP contribution in [-0.2, 0) is 4.74 Å². The van der Waals surface area contributed by atoms with Crippen LogP contribution in [0.25, 0.3) is 11.0 Å². The Labute approximate surface area is 239 Å². The van der Waals surface area contributed by atoms with Crippen molar-refractivity contribution in [2.24, 2.45) is 5.92 Å². The summed E-state index contributed by atoms with van der Waals surface area (Å²) in [5, 5.41) is 0.356. The van der Waals surface area contributed by atoms with E-state index in [4.69, 9.17) is 18.6 Å². The Balaban J connectivity index is 1.68. The van der Waals surface area contributed by atoms with Crippen molar-refractivity contribution < 1.29 is 28.2 Å². The van der Waals surface area contributed by atoms with Crippen LogP contribution in [-0.4, -0.2) is 32.2 Å². The van der Waals surface area contributed by atoms with Crippen LogP contribution in [0.1, 0.15) is 58.9 Å². The number of fused-ring (bicyclic) bond motifs is 2. The Morgan fingerprint density at radius 1 is 1.02 bits per heavy atom. The predicted molar refractivity (Wildman–Crippen MR) is 155 cm³/mol. The first kappa shape index (κ1) is 27.5. The van der Waals surface area contributed by atoms with E-state index in [1.807, 2.05) is 6.07 Å². The minimum absolute atomic E-state index is 0.0293. The first-order chi connectivity index (χ1) is 19.2. The number of carbonyl (C=O) groups is 2. The van der Waals surface area contributed by atoms with E-state index in [0.29, 0.717) is 56.3 Å². The third kappa shape index (κ3) is 4.97. The van der Waals surface area contributed by atoms with Crippen LogP contribution in [0.4, 0.5) is 5.69 Å². The summed E-state index contributed by atoms with van der Waals surface area (Å²) in [4.78, 5) is 41.5. The number of methoxy groups -OCH3 is 1. The summed E-state index contributed by atoms with van der Waals surface area (Å²) in [6.45, 7) is 6.59.